The first-order chi connectivity index (χ1) is 8.17. The molecule has 0 aromatic carbocycles. The maximum Gasteiger partial charge on any atom is 0.352 e. The molecule has 1 heterocycles. The summed E-state index contributed by atoms with van der Waals surface area (Å²) in [4.78, 5) is 23.9. The SMILES string of the molecule is CCOC(=O)[C@]1(O)C(=O)O[C@@]2(C)C(C)=C(C)[C@@]12C. The van der Waals surface area contributed by atoms with E-state index in [1.165, 1.54) is 0 Å². The highest BCUT2D eigenvalue weighted by Gasteiger charge is 2.80. The van der Waals surface area contributed by atoms with E-state index in [9.17, 15) is 14.7 Å². The van der Waals surface area contributed by atoms with Crippen LogP contribution in [0.2, 0.25) is 0 Å². The van der Waals surface area contributed by atoms with Gasteiger partial charge >= 0.3 is 11.9 Å². The van der Waals surface area contributed by atoms with Gasteiger partial charge in [0.2, 0.25) is 0 Å². The quantitative estimate of drug-likeness (QED) is 0.451. The Morgan fingerprint density at radius 3 is 2.39 bits per heavy atom. The molecule has 0 unspecified atom stereocenters. The zero-order valence-corrected chi connectivity index (χ0v) is 11.3. The third-order valence-corrected chi connectivity index (χ3v) is 4.87. The fourth-order valence-corrected chi connectivity index (χ4v) is 3.18. The van der Waals surface area contributed by atoms with E-state index in [1.54, 1.807) is 27.7 Å². The first-order valence-electron chi connectivity index (χ1n) is 5.99. The number of ether oxygens (including phenoxy) is 2. The lowest BCUT2D eigenvalue weighted by molar-refractivity contribution is -0.180. The van der Waals surface area contributed by atoms with Crippen molar-refractivity contribution >= 4 is 11.9 Å². The van der Waals surface area contributed by atoms with Gasteiger partial charge in [-0.2, -0.15) is 0 Å². The first kappa shape index (κ1) is 13.1. The summed E-state index contributed by atoms with van der Waals surface area (Å²) in [6.45, 7) is 8.73. The van der Waals surface area contributed by atoms with Gasteiger partial charge in [-0.15, -0.1) is 0 Å². The fourth-order valence-electron chi connectivity index (χ4n) is 3.18. The first-order valence-corrected chi connectivity index (χ1v) is 5.99. The van der Waals surface area contributed by atoms with Crippen molar-refractivity contribution in [2.75, 3.05) is 6.61 Å². The second-order valence-electron chi connectivity index (χ2n) is 5.23. The third-order valence-electron chi connectivity index (χ3n) is 4.87. The number of hydrogen-bond donors (Lipinski definition) is 1. The molecule has 0 amide bonds. The van der Waals surface area contributed by atoms with Gasteiger partial charge in [0, 0.05) is 0 Å². The number of rotatable bonds is 2. The molecule has 1 fully saturated rings. The Labute approximate surface area is 106 Å². The highest BCUT2D eigenvalue weighted by atomic mass is 16.6. The number of hydrogen-bond acceptors (Lipinski definition) is 5. The van der Waals surface area contributed by atoms with Gasteiger partial charge in [-0.1, -0.05) is 5.57 Å². The smallest absolute Gasteiger partial charge is 0.352 e. The summed E-state index contributed by atoms with van der Waals surface area (Å²) in [5.41, 5.74) is -2.57. The largest absolute Gasteiger partial charge is 0.463 e. The molecule has 1 aliphatic heterocycles. The second-order valence-corrected chi connectivity index (χ2v) is 5.23. The molecular weight excluding hydrogens is 236 g/mol. The third kappa shape index (κ3) is 0.983. The molecule has 2 rings (SSSR count). The van der Waals surface area contributed by atoms with Crippen molar-refractivity contribution < 1.29 is 24.2 Å². The van der Waals surface area contributed by atoms with E-state index in [4.69, 9.17) is 9.47 Å². The molecular formula is C13H18O5. The normalized spacial score (nSPS) is 42.2. The van der Waals surface area contributed by atoms with E-state index in [1.807, 2.05) is 6.92 Å². The van der Waals surface area contributed by atoms with Gasteiger partial charge in [-0.3, -0.25) is 0 Å². The minimum atomic E-state index is -2.25. The highest BCUT2D eigenvalue weighted by molar-refractivity contribution is 6.08. The predicted molar refractivity (Wildman–Crippen MR) is 62.6 cm³/mol. The zero-order valence-electron chi connectivity index (χ0n) is 11.3. The monoisotopic (exact) mass is 254 g/mol. The van der Waals surface area contributed by atoms with Crippen LogP contribution in [-0.2, 0) is 19.1 Å². The summed E-state index contributed by atoms with van der Waals surface area (Å²) in [5, 5.41) is 10.6. The van der Waals surface area contributed by atoms with Crippen molar-refractivity contribution in [3.05, 3.63) is 11.1 Å². The van der Waals surface area contributed by atoms with Crippen LogP contribution in [0, 0.1) is 5.41 Å². The molecule has 1 aliphatic carbocycles. The summed E-state index contributed by atoms with van der Waals surface area (Å²) >= 11 is 0. The molecule has 2 aliphatic rings. The lowest BCUT2D eigenvalue weighted by atomic mass is 9.50. The van der Waals surface area contributed by atoms with Gasteiger partial charge < -0.3 is 14.6 Å². The van der Waals surface area contributed by atoms with E-state index in [2.05, 4.69) is 0 Å². The van der Waals surface area contributed by atoms with Gasteiger partial charge in [0.25, 0.3) is 5.60 Å². The second kappa shape index (κ2) is 3.35. The molecule has 0 radical (unpaired) electrons. The topological polar surface area (TPSA) is 72.8 Å². The van der Waals surface area contributed by atoms with Gasteiger partial charge in [0.15, 0.2) is 0 Å². The minimum Gasteiger partial charge on any atom is -0.463 e. The highest BCUT2D eigenvalue weighted by Crippen LogP contribution is 2.65. The average Bonchev–Trinajstić information content (AvgIpc) is 2.47. The lowest BCUT2D eigenvalue weighted by Gasteiger charge is -2.53. The predicted octanol–water partition coefficient (Wildman–Crippen LogP) is 0.952. The molecule has 18 heavy (non-hydrogen) atoms. The van der Waals surface area contributed by atoms with Crippen molar-refractivity contribution in [3.8, 4) is 0 Å². The molecule has 5 heteroatoms. The van der Waals surface area contributed by atoms with Gasteiger partial charge in [-0.25, -0.2) is 9.59 Å². The molecule has 5 nitrogen and oxygen atoms in total. The van der Waals surface area contributed by atoms with Crippen LogP contribution >= 0.6 is 0 Å². The van der Waals surface area contributed by atoms with Crippen molar-refractivity contribution in [2.45, 2.75) is 45.8 Å². The summed E-state index contributed by atoms with van der Waals surface area (Å²) in [6, 6.07) is 0. The number of carbonyl (C=O) groups is 2. The lowest BCUT2D eigenvalue weighted by Crippen LogP contribution is -2.65. The Kier molecular flexibility index (Phi) is 2.43. The summed E-state index contributed by atoms with van der Waals surface area (Å²) in [5.74, 6) is -1.87. The maximum atomic E-state index is 12.0. The summed E-state index contributed by atoms with van der Waals surface area (Å²) in [6.07, 6.45) is 0. The molecule has 0 bridgehead atoms. The number of esters is 2. The molecule has 0 saturated carbocycles. The Morgan fingerprint density at radius 2 is 1.89 bits per heavy atom. The van der Waals surface area contributed by atoms with E-state index in [-0.39, 0.29) is 6.61 Å². The standard InChI is InChI=1S/C13H18O5/c1-6-17-9(14)13(16)10(15)18-12(5)8(3)7(2)11(12,13)4/h16H,6H2,1-5H3/t11-,12+,13+/m1/s1. The molecule has 0 spiro atoms. The molecule has 3 atom stereocenters. The van der Waals surface area contributed by atoms with E-state index >= 15 is 0 Å². The van der Waals surface area contributed by atoms with Crippen LogP contribution in [0.25, 0.3) is 0 Å². The number of aliphatic hydroxyl groups is 1. The molecule has 100 valence electrons. The van der Waals surface area contributed by atoms with E-state index in [0.717, 1.165) is 11.1 Å². The van der Waals surface area contributed by atoms with Crippen molar-refractivity contribution in [3.63, 3.8) is 0 Å². The number of carbonyl (C=O) groups excluding carboxylic acids is 2. The molecule has 1 saturated heterocycles. The van der Waals surface area contributed by atoms with Crippen LogP contribution in [0.5, 0.6) is 0 Å². The molecule has 1 N–H and O–H groups in total. The summed E-state index contributed by atoms with van der Waals surface area (Å²) in [7, 11) is 0. The molecule has 0 aromatic heterocycles. The number of fused-ring (bicyclic) bond motifs is 1. The van der Waals surface area contributed by atoms with Crippen molar-refractivity contribution in [2.24, 2.45) is 5.41 Å². The van der Waals surface area contributed by atoms with Crippen LogP contribution in [0.1, 0.15) is 34.6 Å². The van der Waals surface area contributed by atoms with Gasteiger partial charge in [0.1, 0.15) is 5.60 Å². The minimum absolute atomic E-state index is 0.100. The Hall–Kier alpha value is -1.36. The molecule has 0 aromatic rings. The van der Waals surface area contributed by atoms with Crippen LogP contribution < -0.4 is 0 Å². The Balaban J connectivity index is 2.57. The van der Waals surface area contributed by atoms with Crippen molar-refractivity contribution in [1.29, 1.82) is 0 Å². The van der Waals surface area contributed by atoms with E-state index in [0.29, 0.717) is 0 Å². The Bertz CT molecular complexity index is 480. The van der Waals surface area contributed by atoms with Crippen LogP contribution in [-0.4, -0.2) is 34.9 Å². The average molecular weight is 254 g/mol. The maximum absolute atomic E-state index is 12.0. The van der Waals surface area contributed by atoms with E-state index < -0.39 is 28.6 Å². The van der Waals surface area contributed by atoms with Crippen LogP contribution in [0.4, 0.5) is 0 Å². The summed E-state index contributed by atoms with van der Waals surface area (Å²) < 4.78 is 10.1. The fraction of sp³-hybridized carbons (Fsp3) is 0.692. The van der Waals surface area contributed by atoms with Crippen LogP contribution in [0.15, 0.2) is 11.1 Å². The van der Waals surface area contributed by atoms with Gasteiger partial charge in [-0.05, 0) is 40.2 Å². The Morgan fingerprint density at radius 1 is 1.33 bits per heavy atom. The zero-order chi connectivity index (χ0) is 13.9. The van der Waals surface area contributed by atoms with Gasteiger partial charge in [0.05, 0.1) is 12.0 Å². The van der Waals surface area contributed by atoms with Crippen LogP contribution in [0.3, 0.4) is 0 Å². The van der Waals surface area contributed by atoms with Crippen molar-refractivity contribution in [1.82, 2.24) is 0 Å².